The van der Waals surface area contributed by atoms with Gasteiger partial charge < -0.3 is 10.2 Å². The van der Waals surface area contributed by atoms with Gasteiger partial charge >= 0.3 is 0 Å². The van der Waals surface area contributed by atoms with Gasteiger partial charge in [-0.25, -0.2) is 0 Å². The molecule has 0 fully saturated rings. The number of carbonyl (C=O) groups is 1. The van der Waals surface area contributed by atoms with Gasteiger partial charge in [0.05, 0.1) is 11.7 Å². The summed E-state index contributed by atoms with van der Waals surface area (Å²) in [6, 6.07) is 17.2. The lowest BCUT2D eigenvalue weighted by Gasteiger charge is -2.15. The number of anilines is 1. The van der Waals surface area contributed by atoms with E-state index in [-0.39, 0.29) is 17.5 Å². The Balaban J connectivity index is 2.18. The van der Waals surface area contributed by atoms with E-state index >= 15 is 0 Å². The van der Waals surface area contributed by atoms with E-state index in [1.165, 1.54) is 0 Å². The summed E-state index contributed by atoms with van der Waals surface area (Å²) in [5.74, 6) is -0.383. The predicted molar refractivity (Wildman–Crippen MR) is 105 cm³/mol. The lowest BCUT2D eigenvalue weighted by molar-refractivity contribution is -0.117. The lowest BCUT2D eigenvalue weighted by atomic mass is 10.1. The van der Waals surface area contributed by atoms with Gasteiger partial charge in [-0.05, 0) is 52.2 Å². The minimum atomic E-state index is -0.383. The molecule has 0 saturated carbocycles. The third-order valence-corrected chi connectivity index (χ3v) is 4.41. The molecule has 0 aliphatic carbocycles. The maximum Gasteiger partial charge on any atom is 0.262 e. The quantitative estimate of drug-likeness (QED) is 0.604. The minimum absolute atomic E-state index is 0.0762. The molecule has 0 aliphatic heterocycles. The summed E-state index contributed by atoms with van der Waals surface area (Å²) in [5, 5.41) is 12.2. The molecular weight excluding hydrogens is 378 g/mol. The second-order valence-electron chi connectivity index (χ2n) is 5.88. The zero-order chi connectivity index (χ0) is 18.4. The van der Waals surface area contributed by atoms with Crippen molar-refractivity contribution in [3.63, 3.8) is 0 Å². The Morgan fingerprint density at radius 3 is 2.48 bits per heavy atom. The van der Waals surface area contributed by atoms with Gasteiger partial charge in [0.25, 0.3) is 5.91 Å². The van der Waals surface area contributed by atoms with E-state index in [9.17, 15) is 10.1 Å². The van der Waals surface area contributed by atoms with E-state index in [0.29, 0.717) is 0 Å². The summed E-state index contributed by atoms with van der Waals surface area (Å²) < 4.78 is 0.904. The average Bonchev–Trinajstić information content (AvgIpc) is 2.60. The van der Waals surface area contributed by atoms with E-state index in [1.54, 1.807) is 6.08 Å². The van der Waals surface area contributed by atoms with Gasteiger partial charge in [-0.3, -0.25) is 4.79 Å². The summed E-state index contributed by atoms with van der Waals surface area (Å²) in [6.45, 7) is 1.89. The van der Waals surface area contributed by atoms with Crippen LogP contribution in [0.5, 0.6) is 0 Å². The van der Waals surface area contributed by atoms with E-state index in [0.717, 1.165) is 21.3 Å². The van der Waals surface area contributed by atoms with Gasteiger partial charge in [-0.15, -0.1) is 0 Å². The highest BCUT2D eigenvalue weighted by Crippen LogP contribution is 2.26. The molecule has 2 aromatic carbocycles. The molecule has 1 atom stereocenters. The average molecular weight is 398 g/mol. The van der Waals surface area contributed by atoms with Crippen molar-refractivity contribution < 1.29 is 4.79 Å². The second-order valence-corrected chi connectivity index (χ2v) is 6.74. The summed E-state index contributed by atoms with van der Waals surface area (Å²) in [4.78, 5) is 14.4. The SMILES string of the molecule is C[C@@H](NC(=O)/C(C#N)=C\c1ccc(N(C)C)c(Br)c1)c1ccccc1. The van der Waals surface area contributed by atoms with E-state index in [2.05, 4.69) is 21.2 Å². The largest absolute Gasteiger partial charge is 0.377 e. The molecule has 2 rings (SSSR count). The van der Waals surface area contributed by atoms with E-state index < -0.39 is 0 Å². The number of nitrogens with zero attached hydrogens (tertiary/aromatic N) is 2. The highest BCUT2D eigenvalue weighted by molar-refractivity contribution is 9.10. The van der Waals surface area contributed by atoms with Crippen LogP contribution in [0.4, 0.5) is 5.69 Å². The standard InChI is InChI=1S/C20H20BrN3O/c1-14(16-7-5-4-6-8-16)23-20(25)17(13-22)11-15-9-10-19(24(2)3)18(21)12-15/h4-12,14H,1-3H3,(H,23,25)/b17-11-/t14-/m1/s1. The number of rotatable bonds is 5. The number of hydrogen-bond acceptors (Lipinski definition) is 3. The number of halogens is 1. The Kier molecular flexibility index (Phi) is 6.37. The van der Waals surface area contributed by atoms with Crippen molar-refractivity contribution in [2.45, 2.75) is 13.0 Å². The molecule has 5 heteroatoms. The molecule has 1 amide bonds. The van der Waals surface area contributed by atoms with Crippen molar-refractivity contribution in [2.75, 3.05) is 19.0 Å². The molecule has 0 radical (unpaired) electrons. The molecule has 4 nitrogen and oxygen atoms in total. The van der Waals surface area contributed by atoms with E-state index in [4.69, 9.17) is 0 Å². The van der Waals surface area contributed by atoms with Crippen LogP contribution >= 0.6 is 15.9 Å². The fourth-order valence-corrected chi connectivity index (χ4v) is 3.14. The molecule has 0 saturated heterocycles. The van der Waals surface area contributed by atoms with Crippen LogP contribution in [0.2, 0.25) is 0 Å². The molecule has 0 bridgehead atoms. The smallest absolute Gasteiger partial charge is 0.262 e. The number of amides is 1. The zero-order valence-corrected chi connectivity index (χ0v) is 16.0. The molecule has 0 unspecified atom stereocenters. The number of nitriles is 1. The Hall–Kier alpha value is -2.58. The first-order valence-electron chi connectivity index (χ1n) is 7.87. The Morgan fingerprint density at radius 1 is 1.24 bits per heavy atom. The third-order valence-electron chi connectivity index (χ3n) is 3.78. The van der Waals surface area contributed by atoms with Crippen LogP contribution in [-0.2, 0) is 4.79 Å². The molecule has 1 N–H and O–H groups in total. The normalized spacial score (nSPS) is 12.2. The van der Waals surface area contributed by atoms with Crippen LogP contribution in [0.25, 0.3) is 6.08 Å². The highest BCUT2D eigenvalue weighted by atomic mass is 79.9. The predicted octanol–water partition coefficient (Wildman–Crippen LogP) is 4.30. The van der Waals surface area contributed by atoms with Crippen molar-refractivity contribution in [3.8, 4) is 6.07 Å². The van der Waals surface area contributed by atoms with Gasteiger partial charge in [-0.2, -0.15) is 5.26 Å². The topological polar surface area (TPSA) is 56.1 Å². The first kappa shape index (κ1) is 18.8. The molecule has 25 heavy (non-hydrogen) atoms. The second kappa shape index (κ2) is 8.50. The van der Waals surface area contributed by atoms with Crippen molar-refractivity contribution in [2.24, 2.45) is 0 Å². The minimum Gasteiger partial charge on any atom is -0.377 e. The van der Waals surface area contributed by atoms with Gasteiger partial charge in [0.1, 0.15) is 11.6 Å². The van der Waals surface area contributed by atoms with Crippen molar-refractivity contribution in [1.82, 2.24) is 5.32 Å². The summed E-state index contributed by atoms with van der Waals surface area (Å²) in [5.41, 5.74) is 2.88. The third kappa shape index (κ3) is 4.94. The fourth-order valence-electron chi connectivity index (χ4n) is 2.39. The molecule has 0 heterocycles. The Labute approximate surface area is 156 Å². The fraction of sp³-hybridized carbons (Fsp3) is 0.200. The van der Waals surface area contributed by atoms with Gasteiger partial charge in [-0.1, -0.05) is 36.4 Å². The first-order chi connectivity index (χ1) is 11.9. The molecular formula is C20H20BrN3O. The zero-order valence-electron chi connectivity index (χ0n) is 14.5. The highest BCUT2D eigenvalue weighted by Gasteiger charge is 2.14. The molecule has 128 valence electrons. The maximum atomic E-state index is 12.4. The van der Waals surface area contributed by atoms with Crippen LogP contribution < -0.4 is 10.2 Å². The van der Waals surface area contributed by atoms with Gasteiger partial charge in [0.15, 0.2) is 0 Å². The lowest BCUT2D eigenvalue weighted by Crippen LogP contribution is -2.27. The summed E-state index contributed by atoms with van der Waals surface area (Å²) in [7, 11) is 3.91. The van der Waals surface area contributed by atoms with Gasteiger partial charge in [0.2, 0.25) is 0 Å². The van der Waals surface area contributed by atoms with Crippen molar-refractivity contribution in [3.05, 3.63) is 69.7 Å². The summed E-state index contributed by atoms with van der Waals surface area (Å²) >= 11 is 3.51. The Bertz CT molecular complexity index is 823. The van der Waals surface area contributed by atoms with E-state index in [1.807, 2.05) is 80.5 Å². The molecule has 2 aromatic rings. The molecule has 0 aromatic heterocycles. The summed E-state index contributed by atoms with van der Waals surface area (Å²) in [6.07, 6.45) is 1.59. The Morgan fingerprint density at radius 2 is 1.92 bits per heavy atom. The monoisotopic (exact) mass is 397 g/mol. The number of hydrogen-bond donors (Lipinski definition) is 1. The van der Waals surface area contributed by atoms with Crippen molar-refractivity contribution >= 4 is 33.6 Å². The van der Waals surface area contributed by atoms with Crippen LogP contribution in [0.3, 0.4) is 0 Å². The number of carbonyl (C=O) groups excluding carboxylic acids is 1. The number of benzene rings is 2. The number of nitrogens with one attached hydrogen (secondary N) is 1. The van der Waals surface area contributed by atoms with Gasteiger partial charge in [0, 0.05) is 18.6 Å². The van der Waals surface area contributed by atoms with Crippen LogP contribution in [-0.4, -0.2) is 20.0 Å². The van der Waals surface area contributed by atoms with Crippen molar-refractivity contribution in [1.29, 1.82) is 5.26 Å². The molecule has 0 spiro atoms. The first-order valence-corrected chi connectivity index (χ1v) is 8.66. The maximum absolute atomic E-state index is 12.4. The molecule has 0 aliphatic rings. The van der Waals surface area contributed by atoms with Crippen LogP contribution in [0.1, 0.15) is 24.1 Å². The van der Waals surface area contributed by atoms with Crippen LogP contribution in [0, 0.1) is 11.3 Å². The van der Waals surface area contributed by atoms with Crippen LogP contribution in [0.15, 0.2) is 58.6 Å².